The van der Waals surface area contributed by atoms with E-state index in [-0.39, 0.29) is 5.91 Å². The van der Waals surface area contributed by atoms with Crippen molar-refractivity contribution in [3.63, 3.8) is 0 Å². The molecule has 1 aromatic carbocycles. The zero-order valence-corrected chi connectivity index (χ0v) is 14.1. The zero-order chi connectivity index (χ0) is 15.9. The summed E-state index contributed by atoms with van der Waals surface area (Å²) in [5.74, 6) is 1.40. The number of hydrogen-bond acceptors (Lipinski definition) is 4. The van der Waals surface area contributed by atoms with E-state index in [1.54, 1.807) is 0 Å². The van der Waals surface area contributed by atoms with Crippen molar-refractivity contribution in [3.05, 3.63) is 41.7 Å². The highest BCUT2D eigenvalue weighted by Gasteiger charge is 2.14. The first-order valence-electron chi connectivity index (χ1n) is 7.50. The molecule has 1 aromatic heterocycles. The maximum atomic E-state index is 12.1. The lowest BCUT2D eigenvalue weighted by molar-refractivity contribution is -0.127. The number of amides is 1. The summed E-state index contributed by atoms with van der Waals surface area (Å²) in [6.45, 7) is 8.13. The summed E-state index contributed by atoms with van der Waals surface area (Å²) in [4.78, 5) is 13.9. The molecule has 2 aromatic rings. The standard InChI is InChI=1S/C16H22N4OS/c1-4-19(5-2)15(21)12-22-16-18-17-13(3)20(16)11-14-9-7-6-8-10-14/h6-10H,4-5,11-12H2,1-3H3. The number of thioether (sulfide) groups is 1. The van der Waals surface area contributed by atoms with Gasteiger partial charge in [0, 0.05) is 13.1 Å². The van der Waals surface area contributed by atoms with Crippen LogP contribution >= 0.6 is 11.8 Å². The highest BCUT2D eigenvalue weighted by Crippen LogP contribution is 2.19. The van der Waals surface area contributed by atoms with Gasteiger partial charge in [0.1, 0.15) is 5.82 Å². The molecule has 0 fully saturated rings. The van der Waals surface area contributed by atoms with Gasteiger partial charge in [-0.3, -0.25) is 4.79 Å². The summed E-state index contributed by atoms with van der Waals surface area (Å²) < 4.78 is 2.05. The number of benzene rings is 1. The summed E-state index contributed by atoms with van der Waals surface area (Å²) in [6, 6.07) is 10.2. The van der Waals surface area contributed by atoms with Crippen LogP contribution in [0.2, 0.25) is 0 Å². The van der Waals surface area contributed by atoms with Gasteiger partial charge in [0.25, 0.3) is 0 Å². The molecule has 2 rings (SSSR count). The average molecular weight is 318 g/mol. The van der Waals surface area contributed by atoms with Crippen LogP contribution in [0.4, 0.5) is 0 Å². The third-order valence-corrected chi connectivity index (χ3v) is 4.48. The maximum absolute atomic E-state index is 12.1. The van der Waals surface area contributed by atoms with Gasteiger partial charge in [-0.05, 0) is 26.3 Å². The van der Waals surface area contributed by atoms with Crippen LogP contribution in [0, 0.1) is 6.92 Å². The van der Waals surface area contributed by atoms with Crippen molar-refractivity contribution in [1.29, 1.82) is 0 Å². The Hall–Kier alpha value is -1.82. The molecule has 1 heterocycles. The average Bonchev–Trinajstić information content (AvgIpc) is 2.88. The van der Waals surface area contributed by atoms with Gasteiger partial charge < -0.3 is 9.47 Å². The molecule has 6 heteroatoms. The molecule has 0 spiro atoms. The van der Waals surface area contributed by atoms with E-state index < -0.39 is 0 Å². The lowest BCUT2D eigenvalue weighted by atomic mass is 10.2. The van der Waals surface area contributed by atoms with Gasteiger partial charge in [0.15, 0.2) is 5.16 Å². The largest absolute Gasteiger partial charge is 0.343 e. The second-order valence-electron chi connectivity index (χ2n) is 4.96. The van der Waals surface area contributed by atoms with Crippen LogP contribution in [0.5, 0.6) is 0 Å². The molecule has 1 amide bonds. The van der Waals surface area contributed by atoms with E-state index in [1.807, 2.05) is 43.9 Å². The Morgan fingerprint density at radius 2 is 1.86 bits per heavy atom. The second kappa shape index (κ2) is 7.98. The molecule has 0 saturated heterocycles. The second-order valence-corrected chi connectivity index (χ2v) is 5.90. The van der Waals surface area contributed by atoms with E-state index >= 15 is 0 Å². The molecule has 0 radical (unpaired) electrons. The fraction of sp³-hybridized carbons (Fsp3) is 0.438. The van der Waals surface area contributed by atoms with Crippen LogP contribution < -0.4 is 0 Å². The van der Waals surface area contributed by atoms with Crippen molar-refractivity contribution >= 4 is 17.7 Å². The predicted octanol–water partition coefficient (Wildman–Crippen LogP) is 2.60. The van der Waals surface area contributed by atoms with Gasteiger partial charge in [-0.15, -0.1) is 10.2 Å². The zero-order valence-electron chi connectivity index (χ0n) is 13.3. The monoisotopic (exact) mass is 318 g/mol. The normalized spacial score (nSPS) is 10.7. The molecule has 0 unspecified atom stereocenters. The van der Waals surface area contributed by atoms with Crippen LogP contribution in [0.25, 0.3) is 0 Å². The Bertz CT molecular complexity index is 608. The molecule has 0 aliphatic heterocycles. The van der Waals surface area contributed by atoms with Crippen LogP contribution in [0.15, 0.2) is 35.5 Å². The molecule has 0 atom stereocenters. The molecular weight excluding hydrogens is 296 g/mol. The molecule has 0 saturated carbocycles. The van der Waals surface area contributed by atoms with Gasteiger partial charge in [-0.2, -0.15) is 0 Å². The van der Waals surface area contributed by atoms with Gasteiger partial charge >= 0.3 is 0 Å². The summed E-state index contributed by atoms with van der Waals surface area (Å²) in [5, 5.41) is 9.14. The highest BCUT2D eigenvalue weighted by molar-refractivity contribution is 7.99. The number of carbonyl (C=O) groups excluding carboxylic acids is 1. The Balaban J connectivity index is 2.05. The first kappa shape index (κ1) is 16.5. The maximum Gasteiger partial charge on any atom is 0.233 e. The van der Waals surface area contributed by atoms with Crippen molar-refractivity contribution in [2.24, 2.45) is 0 Å². The number of hydrogen-bond donors (Lipinski definition) is 0. The first-order valence-corrected chi connectivity index (χ1v) is 8.48. The number of nitrogens with zero attached hydrogens (tertiary/aromatic N) is 4. The summed E-state index contributed by atoms with van der Waals surface area (Å²) >= 11 is 1.45. The lowest BCUT2D eigenvalue weighted by Gasteiger charge is -2.18. The quantitative estimate of drug-likeness (QED) is 0.736. The van der Waals surface area contributed by atoms with E-state index in [9.17, 15) is 4.79 Å². The van der Waals surface area contributed by atoms with Crippen molar-refractivity contribution in [2.75, 3.05) is 18.8 Å². The third kappa shape index (κ3) is 4.10. The molecule has 5 nitrogen and oxygen atoms in total. The smallest absolute Gasteiger partial charge is 0.233 e. The fourth-order valence-electron chi connectivity index (χ4n) is 2.21. The minimum atomic E-state index is 0.141. The number of carbonyl (C=O) groups is 1. The molecule has 0 bridgehead atoms. The van der Waals surface area contributed by atoms with Crippen molar-refractivity contribution < 1.29 is 4.79 Å². The summed E-state index contributed by atoms with van der Waals surface area (Å²) in [6.07, 6.45) is 0. The molecule has 22 heavy (non-hydrogen) atoms. The number of aryl methyl sites for hydroxylation is 1. The molecule has 118 valence electrons. The van der Waals surface area contributed by atoms with Crippen LogP contribution in [-0.2, 0) is 11.3 Å². The molecule has 0 aliphatic carbocycles. The van der Waals surface area contributed by atoms with Crippen LogP contribution in [0.1, 0.15) is 25.2 Å². The minimum absolute atomic E-state index is 0.141. The Kier molecular flexibility index (Phi) is 6.00. The van der Waals surface area contributed by atoms with Gasteiger partial charge in [0.05, 0.1) is 12.3 Å². The van der Waals surface area contributed by atoms with Gasteiger partial charge in [-0.1, -0.05) is 42.1 Å². The molecular formula is C16H22N4OS. The first-order chi connectivity index (χ1) is 10.7. The van der Waals surface area contributed by atoms with E-state index in [0.717, 1.165) is 30.6 Å². The number of aromatic nitrogens is 3. The van der Waals surface area contributed by atoms with E-state index in [0.29, 0.717) is 5.75 Å². The Morgan fingerprint density at radius 1 is 1.18 bits per heavy atom. The summed E-state index contributed by atoms with van der Waals surface area (Å²) in [7, 11) is 0. The van der Waals surface area contributed by atoms with Gasteiger partial charge in [0.2, 0.25) is 5.91 Å². The van der Waals surface area contributed by atoms with Gasteiger partial charge in [-0.25, -0.2) is 0 Å². The Morgan fingerprint density at radius 3 is 2.50 bits per heavy atom. The summed E-state index contributed by atoms with van der Waals surface area (Å²) in [5.41, 5.74) is 1.20. The predicted molar refractivity (Wildman–Crippen MR) is 89.0 cm³/mol. The van der Waals surface area contributed by atoms with E-state index in [1.165, 1.54) is 17.3 Å². The third-order valence-electron chi connectivity index (χ3n) is 3.53. The van der Waals surface area contributed by atoms with E-state index in [4.69, 9.17) is 0 Å². The topological polar surface area (TPSA) is 51.0 Å². The highest BCUT2D eigenvalue weighted by atomic mass is 32.2. The van der Waals surface area contributed by atoms with Crippen molar-refractivity contribution in [2.45, 2.75) is 32.5 Å². The van der Waals surface area contributed by atoms with Crippen molar-refractivity contribution in [1.82, 2.24) is 19.7 Å². The SMILES string of the molecule is CCN(CC)C(=O)CSc1nnc(C)n1Cc1ccccc1. The van der Waals surface area contributed by atoms with E-state index in [2.05, 4.69) is 26.9 Å². The van der Waals surface area contributed by atoms with Crippen LogP contribution in [0.3, 0.4) is 0 Å². The molecule has 0 N–H and O–H groups in total. The fourth-order valence-corrected chi connectivity index (χ4v) is 3.10. The Labute approximate surface area is 135 Å². The lowest BCUT2D eigenvalue weighted by Crippen LogP contribution is -2.31. The minimum Gasteiger partial charge on any atom is -0.343 e. The van der Waals surface area contributed by atoms with Crippen molar-refractivity contribution in [3.8, 4) is 0 Å². The molecule has 0 aliphatic rings. The number of rotatable bonds is 7. The van der Waals surface area contributed by atoms with Crippen LogP contribution in [-0.4, -0.2) is 44.4 Å².